The lowest BCUT2D eigenvalue weighted by Gasteiger charge is -2.30. The number of thiazole rings is 2. The summed E-state index contributed by atoms with van der Waals surface area (Å²) in [6.45, 7) is 0.585. The van der Waals surface area contributed by atoms with Crippen LogP contribution in [0.5, 0.6) is 11.5 Å². The molecule has 2 aromatic heterocycles. The Labute approximate surface area is 225 Å². The van der Waals surface area contributed by atoms with Crippen molar-refractivity contribution >= 4 is 43.9 Å². The highest BCUT2D eigenvalue weighted by molar-refractivity contribution is 7.18. The molecule has 0 radical (unpaired) electrons. The summed E-state index contributed by atoms with van der Waals surface area (Å²) in [6, 6.07) is 17.3. The Bertz CT molecular complexity index is 1610. The maximum absolute atomic E-state index is 13.5. The number of hydrogen-bond donors (Lipinski definition) is 2. The number of aromatic nitrogens is 2. The van der Waals surface area contributed by atoms with E-state index in [4.69, 9.17) is 9.47 Å². The van der Waals surface area contributed by atoms with Gasteiger partial charge in [-0.25, -0.2) is 14.4 Å². The lowest BCUT2D eigenvalue weighted by atomic mass is 9.87. The third kappa shape index (κ3) is 5.24. The molecule has 3 heterocycles. The van der Waals surface area contributed by atoms with Crippen LogP contribution < -0.4 is 14.8 Å². The topological polar surface area (TPSA) is 93.6 Å². The van der Waals surface area contributed by atoms with E-state index in [0.717, 1.165) is 15.3 Å². The zero-order valence-corrected chi connectivity index (χ0v) is 21.6. The average molecular weight is 548 g/mol. The van der Waals surface area contributed by atoms with Crippen molar-refractivity contribution in [2.24, 2.45) is 5.92 Å². The number of nitrogens with one attached hydrogen (secondary N) is 1. The molecule has 192 valence electrons. The van der Waals surface area contributed by atoms with Crippen LogP contribution in [0.15, 0.2) is 72.2 Å². The molecule has 1 aliphatic rings. The molecule has 6 rings (SSSR count). The largest absolute Gasteiger partial charge is 0.493 e. The monoisotopic (exact) mass is 547 g/mol. The van der Waals surface area contributed by atoms with Gasteiger partial charge >= 0.3 is 0 Å². The molecule has 2 atom stereocenters. The summed E-state index contributed by atoms with van der Waals surface area (Å²) in [6.07, 6.45) is 1.41. The Hall–Kier alpha value is -3.86. The van der Waals surface area contributed by atoms with Crippen molar-refractivity contribution in [1.82, 2.24) is 9.97 Å². The number of fused-ring (bicyclic) bond motifs is 2. The second-order valence-corrected chi connectivity index (χ2v) is 10.9. The van der Waals surface area contributed by atoms with Gasteiger partial charge in [0, 0.05) is 34.7 Å². The lowest BCUT2D eigenvalue weighted by molar-refractivity contribution is 0.0504. The van der Waals surface area contributed by atoms with Gasteiger partial charge in [-0.2, -0.15) is 0 Å². The number of carbonyl (C=O) groups excluding carboxylic acids is 1. The van der Waals surface area contributed by atoms with Gasteiger partial charge in [0.15, 0.2) is 5.13 Å². The summed E-state index contributed by atoms with van der Waals surface area (Å²) in [7, 11) is 0. The first-order valence-corrected chi connectivity index (χ1v) is 13.6. The van der Waals surface area contributed by atoms with E-state index in [0.29, 0.717) is 46.3 Å². The number of ether oxygens (including phenoxy) is 2. The highest BCUT2D eigenvalue weighted by Crippen LogP contribution is 2.39. The van der Waals surface area contributed by atoms with Gasteiger partial charge in [-0.15, -0.1) is 22.7 Å². The van der Waals surface area contributed by atoms with Gasteiger partial charge in [-0.1, -0.05) is 12.1 Å². The van der Waals surface area contributed by atoms with Crippen molar-refractivity contribution in [1.29, 1.82) is 0 Å². The van der Waals surface area contributed by atoms with E-state index in [9.17, 15) is 14.3 Å². The van der Waals surface area contributed by atoms with Gasteiger partial charge in [-0.3, -0.25) is 10.1 Å². The third-order valence-corrected chi connectivity index (χ3v) is 7.99. The minimum absolute atomic E-state index is 0.200. The smallest absolute Gasteiger partial charge is 0.257 e. The molecule has 0 spiro atoms. The van der Waals surface area contributed by atoms with Crippen LogP contribution in [0.4, 0.5) is 9.52 Å². The van der Waals surface area contributed by atoms with Crippen molar-refractivity contribution in [2.75, 3.05) is 11.9 Å². The second kappa shape index (κ2) is 10.5. The molecule has 2 N–H and O–H groups in total. The molecule has 1 aliphatic heterocycles. The lowest BCUT2D eigenvalue weighted by Crippen LogP contribution is -2.27. The van der Waals surface area contributed by atoms with E-state index in [2.05, 4.69) is 15.3 Å². The summed E-state index contributed by atoms with van der Waals surface area (Å²) in [5, 5.41) is 17.1. The van der Waals surface area contributed by atoms with E-state index >= 15 is 0 Å². The molecular formula is C28H22FN3O4S2. The van der Waals surface area contributed by atoms with Crippen molar-refractivity contribution in [3.63, 3.8) is 0 Å². The molecular weight excluding hydrogens is 525 g/mol. The van der Waals surface area contributed by atoms with Crippen LogP contribution in [-0.4, -0.2) is 27.6 Å². The minimum atomic E-state index is -0.763. The predicted octanol–water partition coefficient (Wildman–Crippen LogP) is 6.01. The first kappa shape index (κ1) is 24.5. The molecule has 0 saturated carbocycles. The van der Waals surface area contributed by atoms with Crippen LogP contribution in [0, 0.1) is 11.7 Å². The fourth-order valence-electron chi connectivity index (χ4n) is 4.44. The molecule has 0 unspecified atom stereocenters. The highest BCUT2D eigenvalue weighted by Gasteiger charge is 2.30. The second-order valence-electron chi connectivity index (χ2n) is 8.92. The molecule has 0 bridgehead atoms. The Morgan fingerprint density at radius 1 is 1.18 bits per heavy atom. The van der Waals surface area contributed by atoms with Crippen molar-refractivity contribution in [3.8, 4) is 11.5 Å². The van der Waals surface area contributed by atoms with E-state index in [1.54, 1.807) is 41.9 Å². The summed E-state index contributed by atoms with van der Waals surface area (Å²) in [5.41, 5.74) is 2.71. The number of amides is 1. The normalized spacial score (nSPS) is 16.6. The summed E-state index contributed by atoms with van der Waals surface area (Å²) in [5.74, 6) is 0.451. The number of carbonyl (C=O) groups is 1. The number of aliphatic hydroxyl groups excluding tert-OH is 1. The maximum Gasteiger partial charge on any atom is 0.257 e. The number of halogens is 1. The van der Waals surface area contributed by atoms with Crippen LogP contribution in [0.2, 0.25) is 0 Å². The van der Waals surface area contributed by atoms with Crippen LogP contribution in [0.1, 0.15) is 32.6 Å². The van der Waals surface area contributed by atoms with E-state index in [1.165, 1.54) is 34.8 Å². The van der Waals surface area contributed by atoms with E-state index in [-0.39, 0.29) is 24.2 Å². The molecule has 0 saturated heterocycles. The number of anilines is 1. The number of benzene rings is 3. The van der Waals surface area contributed by atoms with Crippen LogP contribution in [0.25, 0.3) is 10.2 Å². The van der Waals surface area contributed by atoms with E-state index in [1.807, 2.05) is 18.2 Å². The minimum Gasteiger partial charge on any atom is -0.493 e. The summed E-state index contributed by atoms with van der Waals surface area (Å²) in [4.78, 5) is 21.1. The van der Waals surface area contributed by atoms with Gasteiger partial charge in [0.1, 0.15) is 28.9 Å². The SMILES string of the molecule is O=C(Nc1nccs1)c1cccc(C[C@H]2COc3ccc(OCc4nc5cc(F)ccc5s4)cc3[C@H]2O)c1. The van der Waals surface area contributed by atoms with E-state index < -0.39 is 6.10 Å². The molecule has 7 nitrogen and oxygen atoms in total. The Morgan fingerprint density at radius 3 is 2.97 bits per heavy atom. The standard InChI is InChI=1S/C28H22FN3O4S2/c29-19-4-7-24-22(12-19)31-25(38-24)15-35-20-5-6-23-21(13-20)26(33)18(14-36-23)11-16-2-1-3-17(10-16)27(34)32-28-30-8-9-37-28/h1-10,12-13,18,26,33H,11,14-15H2,(H,30,32,34)/t18-,26-/m0/s1. The Morgan fingerprint density at radius 2 is 2.11 bits per heavy atom. The average Bonchev–Trinajstić information content (AvgIpc) is 3.58. The van der Waals surface area contributed by atoms with Crippen molar-refractivity contribution in [2.45, 2.75) is 19.1 Å². The van der Waals surface area contributed by atoms with Crippen LogP contribution in [0.3, 0.4) is 0 Å². The van der Waals surface area contributed by atoms with Gasteiger partial charge in [-0.05, 0) is 54.4 Å². The first-order chi connectivity index (χ1) is 18.5. The summed E-state index contributed by atoms with van der Waals surface area (Å²) >= 11 is 2.81. The number of nitrogens with zero attached hydrogens (tertiary/aromatic N) is 2. The summed E-state index contributed by atoms with van der Waals surface area (Å²) < 4.78 is 26.3. The first-order valence-electron chi connectivity index (χ1n) is 11.9. The number of aliphatic hydroxyl groups is 1. The molecule has 3 aromatic carbocycles. The van der Waals surface area contributed by atoms with Crippen LogP contribution in [-0.2, 0) is 13.0 Å². The Kier molecular flexibility index (Phi) is 6.75. The predicted molar refractivity (Wildman–Crippen MR) is 145 cm³/mol. The van der Waals surface area contributed by atoms with Crippen LogP contribution >= 0.6 is 22.7 Å². The maximum atomic E-state index is 13.5. The highest BCUT2D eigenvalue weighted by atomic mass is 32.1. The van der Waals surface area contributed by atoms with Gasteiger partial charge in [0.05, 0.1) is 22.9 Å². The fourth-order valence-corrected chi connectivity index (χ4v) is 5.83. The fraction of sp³-hybridized carbons (Fsp3) is 0.179. The third-order valence-electron chi connectivity index (χ3n) is 6.30. The van der Waals surface area contributed by atoms with Crippen molar-refractivity contribution < 1.29 is 23.8 Å². The molecule has 0 fully saturated rings. The van der Waals surface area contributed by atoms with Gasteiger partial charge < -0.3 is 14.6 Å². The van der Waals surface area contributed by atoms with Crippen molar-refractivity contribution in [3.05, 3.63) is 99.8 Å². The molecule has 1 amide bonds. The molecule has 5 aromatic rings. The molecule has 0 aliphatic carbocycles. The zero-order valence-electron chi connectivity index (χ0n) is 20.0. The number of hydrogen-bond acceptors (Lipinski definition) is 8. The van der Waals surface area contributed by atoms with Gasteiger partial charge in [0.25, 0.3) is 5.91 Å². The molecule has 10 heteroatoms. The number of rotatable bonds is 7. The zero-order chi connectivity index (χ0) is 26.1. The van der Waals surface area contributed by atoms with Gasteiger partial charge in [0.2, 0.25) is 0 Å². The molecule has 38 heavy (non-hydrogen) atoms. The quantitative estimate of drug-likeness (QED) is 0.259. The Balaban J connectivity index is 1.13.